The van der Waals surface area contributed by atoms with Crippen molar-refractivity contribution in [3.05, 3.63) is 70.0 Å². The van der Waals surface area contributed by atoms with Crippen LogP contribution in [0.15, 0.2) is 53.3 Å². The van der Waals surface area contributed by atoms with E-state index in [4.69, 9.17) is 0 Å². The Morgan fingerprint density at radius 3 is 2.52 bits per heavy atom. The first-order chi connectivity index (χ1) is 12.1. The van der Waals surface area contributed by atoms with Gasteiger partial charge in [0.05, 0.1) is 5.39 Å². The molecule has 0 aliphatic rings. The van der Waals surface area contributed by atoms with Crippen LogP contribution in [-0.4, -0.2) is 29.2 Å². The highest BCUT2D eigenvalue weighted by atomic mass is 16.1. The number of aryl methyl sites for hydroxylation is 1. The van der Waals surface area contributed by atoms with Crippen LogP contribution in [0, 0.1) is 6.92 Å². The maximum atomic E-state index is 12.0. The number of amides is 1. The monoisotopic (exact) mass is 336 g/mol. The van der Waals surface area contributed by atoms with E-state index < -0.39 is 0 Å². The number of hydrogen-bond acceptors (Lipinski definition) is 4. The van der Waals surface area contributed by atoms with Crippen LogP contribution in [0.3, 0.4) is 0 Å². The fourth-order valence-electron chi connectivity index (χ4n) is 2.55. The summed E-state index contributed by atoms with van der Waals surface area (Å²) in [7, 11) is 0. The van der Waals surface area contributed by atoms with Crippen LogP contribution in [0.2, 0.25) is 0 Å². The zero-order valence-corrected chi connectivity index (χ0v) is 14.0. The molecule has 2 aromatic carbocycles. The van der Waals surface area contributed by atoms with Gasteiger partial charge < -0.3 is 10.6 Å². The lowest BCUT2D eigenvalue weighted by molar-refractivity contribution is 0.0953. The van der Waals surface area contributed by atoms with Crippen LogP contribution in [0.4, 0.5) is 5.82 Å². The van der Waals surface area contributed by atoms with Crippen LogP contribution in [0.25, 0.3) is 10.8 Å². The molecule has 0 aliphatic heterocycles. The quantitative estimate of drug-likeness (QED) is 0.604. The second-order valence-corrected chi connectivity index (χ2v) is 5.85. The van der Waals surface area contributed by atoms with Crippen molar-refractivity contribution in [3.63, 3.8) is 0 Å². The van der Waals surface area contributed by atoms with Crippen molar-refractivity contribution < 1.29 is 4.79 Å². The molecule has 3 aromatic rings. The van der Waals surface area contributed by atoms with E-state index in [-0.39, 0.29) is 11.5 Å². The molecule has 0 bridgehead atoms. The number of aromatic amines is 1. The molecule has 128 valence electrons. The Kier molecular flexibility index (Phi) is 5.09. The zero-order valence-electron chi connectivity index (χ0n) is 14.0. The van der Waals surface area contributed by atoms with Crippen molar-refractivity contribution in [3.8, 4) is 0 Å². The number of rotatable bonds is 6. The molecule has 6 heteroatoms. The van der Waals surface area contributed by atoms with Gasteiger partial charge in [-0.1, -0.05) is 35.9 Å². The lowest BCUT2D eigenvalue weighted by Gasteiger charge is -2.09. The second kappa shape index (κ2) is 7.61. The normalized spacial score (nSPS) is 10.6. The Labute approximate surface area is 145 Å². The molecule has 0 spiro atoms. The third kappa shape index (κ3) is 4.03. The van der Waals surface area contributed by atoms with Gasteiger partial charge in [-0.05, 0) is 31.5 Å². The number of H-pyrrole nitrogens is 1. The Morgan fingerprint density at radius 2 is 1.76 bits per heavy atom. The van der Waals surface area contributed by atoms with E-state index in [1.165, 1.54) is 0 Å². The Morgan fingerprint density at radius 1 is 1.04 bits per heavy atom. The Balaban J connectivity index is 1.51. The highest BCUT2D eigenvalue weighted by molar-refractivity contribution is 5.94. The number of carbonyl (C=O) groups is 1. The van der Waals surface area contributed by atoms with E-state index in [0.717, 1.165) is 17.4 Å². The van der Waals surface area contributed by atoms with Crippen molar-refractivity contribution in [1.29, 1.82) is 0 Å². The van der Waals surface area contributed by atoms with Gasteiger partial charge in [-0.3, -0.25) is 9.59 Å². The predicted molar refractivity (Wildman–Crippen MR) is 99.0 cm³/mol. The Hall–Kier alpha value is -3.15. The minimum absolute atomic E-state index is 0.0763. The summed E-state index contributed by atoms with van der Waals surface area (Å²) in [4.78, 5) is 23.8. The molecule has 0 fully saturated rings. The van der Waals surface area contributed by atoms with E-state index >= 15 is 0 Å². The maximum absolute atomic E-state index is 12.0. The van der Waals surface area contributed by atoms with E-state index in [1.54, 1.807) is 6.07 Å². The summed E-state index contributed by atoms with van der Waals surface area (Å²) in [5.41, 5.74) is 1.58. The zero-order chi connectivity index (χ0) is 17.6. The molecule has 3 rings (SSSR count). The molecule has 1 aromatic heterocycles. The summed E-state index contributed by atoms with van der Waals surface area (Å²) in [5.74, 6) is 0.563. The summed E-state index contributed by atoms with van der Waals surface area (Å²) in [6, 6.07) is 14.8. The van der Waals surface area contributed by atoms with Gasteiger partial charge in [0.2, 0.25) is 0 Å². The van der Waals surface area contributed by atoms with E-state index in [9.17, 15) is 9.59 Å². The molecular weight excluding hydrogens is 316 g/mol. The largest absolute Gasteiger partial charge is 0.368 e. The maximum Gasteiger partial charge on any atom is 0.272 e. The average molecular weight is 336 g/mol. The van der Waals surface area contributed by atoms with Gasteiger partial charge in [-0.25, -0.2) is 5.10 Å². The number of nitrogens with zero attached hydrogens (tertiary/aromatic N) is 1. The average Bonchev–Trinajstić information content (AvgIpc) is 2.64. The van der Waals surface area contributed by atoms with Crippen molar-refractivity contribution >= 4 is 22.5 Å². The number of benzene rings is 2. The van der Waals surface area contributed by atoms with Crippen LogP contribution >= 0.6 is 0 Å². The lowest BCUT2D eigenvalue weighted by Crippen LogP contribution is -2.26. The van der Waals surface area contributed by atoms with Gasteiger partial charge in [0.15, 0.2) is 5.82 Å². The molecule has 0 atom stereocenters. The number of carbonyl (C=O) groups excluding carboxylic acids is 1. The fraction of sp³-hybridized carbons (Fsp3) is 0.211. The third-order valence-electron chi connectivity index (χ3n) is 3.94. The SMILES string of the molecule is Cc1ccc(C(=O)NCCCNc2n[nH]c(=O)c3ccccc23)cc1. The highest BCUT2D eigenvalue weighted by Crippen LogP contribution is 2.16. The van der Waals surface area contributed by atoms with E-state index in [1.807, 2.05) is 49.4 Å². The topological polar surface area (TPSA) is 86.9 Å². The molecule has 0 saturated carbocycles. The molecule has 0 radical (unpaired) electrons. The molecule has 6 nitrogen and oxygen atoms in total. The summed E-state index contributed by atoms with van der Waals surface area (Å²) in [5, 5.41) is 14.0. The van der Waals surface area contributed by atoms with Gasteiger partial charge in [-0.2, -0.15) is 5.10 Å². The number of aromatic nitrogens is 2. The summed E-state index contributed by atoms with van der Waals surface area (Å²) in [6.07, 6.45) is 0.743. The van der Waals surface area contributed by atoms with Crippen LogP contribution in [0.1, 0.15) is 22.3 Å². The number of nitrogens with one attached hydrogen (secondary N) is 3. The third-order valence-corrected chi connectivity index (χ3v) is 3.94. The first-order valence-corrected chi connectivity index (χ1v) is 8.21. The minimum Gasteiger partial charge on any atom is -0.368 e. The molecular formula is C19H20N4O2. The molecule has 0 unspecified atom stereocenters. The summed E-state index contributed by atoms with van der Waals surface area (Å²) < 4.78 is 0. The smallest absolute Gasteiger partial charge is 0.272 e. The van der Waals surface area contributed by atoms with Crippen LogP contribution in [-0.2, 0) is 0 Å². The first-order valence-electron chi connectivity index (χ1n) is 8.21. The fourth-order valence-corrected chi connectivity index (χ4v) is 2.55. The molecule has 0 saturated heterocycles. The minimum atomic E-state index is -0.202. The first kappa shape index (κ1) is 16.7. The summed E-state index contributed by atoms with van der Waals surface area (Å²) >= 11 is 0. The summed E-state index contributed by atoms with van der Waals surface area (Å²) in [6.45, 7) is 3.18. The number of fused-ring (bicyclic) bond motifs is 1. The molecule has 0 aliphatic carbocycles. The van der Waals surface area contributed by atoms with Crippen molar-refractivity contribution in [2.24, 2.45) is 0 Å². The van der Waals surface area contributed by atoms with Gasteiger partial charge in [0, 0.05) is 24.0 Å². The van der Waals surface area contributed by atoms with Crippen molar-refractivity contribution in [1.82, 2.24) is 15.5 Å². The van der Waals surface area contributed by atoms with Gasteiger partial charge >= 0.3 is 0 Å². The van der Waals surface area contributed by atoms with Crippen molar-refractivity contribution in [2.75, 3.05) is 18.4 Å². The number of anilines is 1. The molecule has 1 heterocycles. The van der Waals surface area contributed by atoms with Gasteiger partial charge in [-0.15, -0.1) is 0 Å². The van der Waals surface area contributed by atoms with Crippen molar-refractivity contribution in [2.45, 2.75) is 13.3 Å². The molecule has 25 heavy (non-hydrogen) atoms. The lowest BCUT2D eigenvalue weighted by atomic mass is 10.1. The standard InChI is InChI=1S/C19H20N4O2/c1-13-7-9-14(10-8-13)18(24)21-12-4-11-20-17-15-5-2-3-6-16(15)19(25)23-22-17/h2-3,5-10H,4,11-12H2,1H3,(H,20,22)(H,21,24)(H,23,25). The highest BCUT2D eigenvalue weighted by Gasteiger charge is 2.06. The molecule has 1 amide bonds. The Bertz CT molecular complexity index is 932. The van der Waals surface area contributed by atoms with E-state index in [2.05, 4.69) is 20.8 Å². The second-order valence-electron chi connectivity index (χ2n) is 5.85. The van der Waals surface area contributed by atoms with E-state index in [0.29, 0.717) is 29.9 Å². The van der Waals surface area contributed by atoms with Crippen LogP contribution in [0.5, 0.6) is 0 Å². The molecule has 3 N–H and O–H groups in total. The van der Waals surface area contributed by atoms with Gasteiger partial charge in [0.1, 0.15) is 0 Å². The van der Waals surface area contributed by atoms with Gasteiger partial charge in [0.25, 0.3) is 11.5 Å². The number of hydrogen-bond donors (Lipinski definition) is 3. The predicted octanol–water partition coefficient (Wildman–Crippen LogP) is 2.46. The van der Waals surface area contributed by atoms with Crippen LogP contribution < -0.4 is 16.2 Å².